The molecule has 1 saturated heterocycles. The quantitative estimate of drug-likeness (QED) is 0.788. The van der Waals surface area contributed by atoms with Gasteiger partial charge in [-0.05, 0) is 77.8 Å². The normalized spacial score (nSPS) is 36.2. The highest BCUT2D eigenvalue weighted by molar-refractivity contribution is 5.85. The Kier molecular flexibility index (Phi) is 4.04. The molecule has 0 aromatic heterocycles. The molecule has 2 atom stereocenters. The number of amides is 1. The standard InChI is InChI=1S/C17H31N3O/c1-16(2)9-4-11-20(16)12-8-13-5-3-10-17(13,15(18)21)19-14-6-7-14/h13-14,19H,3-12H2,1-2H3,(H2,18,21). The Morgan fingerprint density at radius 3 is 2.57 bits per heavy atom. The maximum absolute atomic E-state index is 12.2. The molecule has 2 saturated carbocycles. The minimum atomic E-state index is -0.412. The van der Waals surface area contributed by atoms with Crippen LogP contribution in [0, 0.1) is 5.92 Å². The van der Waals surface area contributed by atoms with E-state index in [0.717, 1.165) is 32.2 Å². The predicted molar refractivity (Wildman–Crippen MR) is 84.9 cm³/mol. The number of nitrogens with two attached hydrogens (primary N) is 1. The van der Waals surface area contributed by atoms with Crippen LogP contribution < -0.4 is 11.1 Å². The topological polar surface area (TPSA) is 58.4 Å². The number of nitrogens with zero attached hydrogens (tertiary/aromatic N) is 1. The first-order valence-electron chi connectivity index (χ1n) is 8.77. The molecule has 3 N–H and O–H groups in total. The minimum Gasteiger partial charge on any atom is -0.368 e. The van der Waals surface area contributed by atoms with E-state index < -0.39 is 5.54 Å². The van der Waals surface area contributed by atoms with Gasteiger partial charge >= 0.3 is 0 Å². The molecular weight excluding hydrogens is 262 g/mol. The van der Waals surface area contributed by atoms with Crippen LogP contribution in [0.1, 0.15) is 65.2 Å². The van der Waals surface area contributed by atoms with E-state index in [0.29, 0.717) is 17.5 Å². The van der Waals surface area contributed by atoms with E-state index in [9.17, 15) is 4.79 Å². The molecule has 0 bridgehead atoms. The summed E-state index contributed by atoms with van der Waals surface area (Å²) < 4.78 is 0. The molecular formula is C17H31N3O. The molecule has 120 valence electrons. The summed E-state index contributed by atoms with van der Waals surface area (Å²) in [5.74, 6) is 0.310. The zero-order valence-electron chi connectivity index (χ0n) is 13.7. The van der Waals surface area contributed by atoms with Gasteiger partial charge in [-0.15, -0.1) is 0 Å². The molecule has 21 heavy (non-hydrogen) atoms. The molecule has 3 aliphatic rings. The third-order valence-corrected chi connectivity index (χ3v) is 6.12. The average molecular weight is 293 g/mol. The summed E-state index contributed by atoms with van der Waals surface area (Å²) in [5, 5.41) is 3.62. The van der Waals surface area contributed by atoms with Crippen LogP contribution in [0.4, 0.5) is 0 Å². The van der Waals surface area contributed by atoms with Gasteiger partial charge in [-0.1, -0.05) is 6.42 Å². The Bertz CT molecular complexity index is 405. The minimum absolute atomic E-state index is 0.113. The maximum Gasteiger partial charge on any atom is 0.238 e. The molecule has 1 aliphatic heterocycles. The number of carbonyl (C=O) groups is 1. The summed E-state index contributed by atoms with van der Waals surface area (Å²) in [6, 6.07) is 0.543. The highest BCUT2D eigenvalue weighted by Gasteiger charge is 2.50. The van der Waals surface area contributed by atoms with Crippen LogP contribution in [0.3, 0.4) is 0 Å². The predicted octanol–water partition coefficient (Wildman–Crippen LogP) is 2.03. The Morgan fingerprint density at radius 1 is 1.24 bits per heavy atom. The van der Waals surface area contributed by atoms with Gasteiger partial charge in [0.25, 0.3) is 0 Å². The lowest BCUT2D eigenvalue weighted by atomic mass is 9.83. The van der Waals surface area contributed by atoms with Crippen LogP contribution >= 0.6 is 0 Å². The zero-order chi connectivity index (χ0) is 15.1. The fourth-order valence-electron chi connectivity index (χ4n) is 4.54. The van der Waals surface area contributed by atoms with Crippen molar-refractivity contribution in [3.63, 3.8) is 0 Å². The molecule has 2 aliphatic carbocycles. The molecule has 3 fully saturated rings. The number of hydrogen-bond donors (Lipinski definition) is 2. The molecule has 0 aromatic carbocycles. The molecule has 0 spiro atoms. The Balaban J connectivity index is 1.64. The highest BCUT2D eigenvalue weighted by Crippen LogP contribution is 2.41. The van der Waals surface area contributed by atoms with Gasteiger partial charge in [-0.25, -0.2) is 0 Å². The van der Waals surface area contributed by atoms with Crippen molar-refractivity contribution in [2.24, 2.45) is 11.7 Å². The fraction of sp³-hybridized carbons (Fsp3) is 0.941. The van der Waals surface area contributed by atoms with Gasteiger partial charge < -0.3 is 11.1 Å². The number of hydrogen-bond acceptors (Lipinski definition) is 3. The lowest BCUT2D eigenvalue weighted by molar-refractivity contribution is -0.126. The van der Waals surface area contributed by atoms with Crippen molar-refractivity contribution in [1.29, 1.82) is 0 Å². The van der Waals surface area contributed by atoms with Crippen LogP contribution in [-0.2, 0) is 4.79 Å². The summed E-state index contributed by atoms with van der Waals surface area (Å²) >= 11 is 0. The van der Waals surface area contributed by atoms with Crippen molar-refractivity contribution >= 4 is 5.91 Å². The SMILES string of the molecule is CC1(C)CCCN1CCC1CCCC1(NC1CC1)C(N)=O. The molecule has 4 nitrogen and oxygen atoms in total. The monoisotopic (exact) mass is 293 g/mol. The van der Waals surface area contributed by atoms with Crippen LogP contribution in [0.5, 0.6) is 0 Å². The van der Waals surface area contributed by atoms with Crippen molar-refractivity contribution in [2.45, 2.75) is 82.3 Å². The molecule has 1 amide bonds. The largest absolute Gasteiger partial charge is 0.368 e. The van der Waals surface area contributed by atoms with Gasteiger partial charge in [0.1, 0.15) is 5.54 Å². The third kappa shape index (κ3) is 2.98. The maximum atomic E-state index is 12.2. The van der Waals surface area contributed by atoms with Crippen LogP contribution in [-0.4, -0.2) is 41.0 Å². The van der Waals surface area contributed by atoms with Crippen molar-refractivity contribution in [1.82, 2.24) is 10.2 Å². The van der Waals surface area contributed by atoms with E-state index in [1.54, 1.807) is 0 Å². The first-order chi connectivity index (χ1) is 9.94. The summed E-state index contributed by atoms with van der Waals surface area (Å²) in [4.78, 5) is 14.8. The molecule has 2 unspecified atom stereocenters. The van der Waals surface area contributed by atoms with Gasteiger partial charge in [-0.3, -0.25) is 9.69 Å². The van der Waals surface area contributed by atoms with Gasteiger partial charge in [0.15, 0.2) is 0 Å². The number of carbonyl (C=O) groups excluding carboxylic acids is 1. The van der Waals surface area contributed by atoms with E-state index in [-0.39, 0.29) is 5.91 Å². The summed E-state index contributed by atoms with van der Waals surface area (Å²) in [7, 11) is 0. The van der Waals surface area contributed by atoms with E-state index in [2.05, 4.69) is 24.1 Å². The second kappa shape index (κ2) is 5.54. The van der Waals surface area contributed by atoms with Crippen LogP contribution in [0.15, 0.2) is 0 Å². The smallest absolute Gasteiger partial charge is 0.238 e. The lowest BCUT2D eigenvalue weighted by Gasteiger charge is -2.37. The third-order valence-electron chi connectivity index (χ3n) is 6.12. The van der Waals surface area contributed by atoms with Crippen molar-refractivity contribution in [3.05, 3.63) is 0 Å². The fourth-order valence-corrected chi connectivity index (χ4v) is 4.54. The van der Waals surface area contributed by atoms with E-state index in [1.807, 2.05) is 0 Å². The summed E-state index contributed by atoms with van der Waals surface area (Å²) in [5.41, 5.74) is 5.74. The Hall–Kier alpha value is -0.610. The van der Waals surface area contributed by atoms with E-state index >= 15 is 0 Å². The first kappa shape index (κ1) is 15.3. The molecule has 3 rings (SSSR count). The van der Waals surface area contributed by atoms with Crippen molar-refractivity contribution in [2.75, 3.05) is 13.1 Å². The van der Waals surface area contributed by atoms with E-state index in [1.165, 1.54) is 32.2 Å². The van der Waals surface area contributed by atoms with E-state index in [4.69, 9.17) is 5.73 Å². The molecule has 0 radical (unpaired) electrons. The number of primary amides is 1. The van der Waals surface area contributed by atoms with Gasteiger partial charge in [0.2, 0.25) is 5.91 Å². The van der Waals surface area contributed by atoms with Crippen molar-refractivity contribution in [3.8, 4) is 0 Å². The van der Waals surface area contributed by atoms with Gasteiger partial charge in [-0.2, -0.15) is 0 Å². The van der Waals surface area contributed by atoms with Crippen LogP contribution in [0.25, 0.3) is 0 Å². The number of likely N-dealkylation sites (tertiary alicyclic amines) is 1. The zero-order valence-corrected chi connectivity index (χ0v) is 13.7. The Labute approximate surface area is 128 Å². The summed E-state index contributed by atoms with van der Waals surface area (Å²) in [6.45, 7) is 7.01. The number of rotatable bonds is 6. The second-order valence-electron chi connectivity index (χ2n) is 8.04. The van der Waals surface area contributed by atoms with Crippen LogP contribution in [0.2, 0.25) is 0 Å². The van der Waals surface area contributed by atoms with Gasteiger partial charge in [0.05, 0.1) is 0 Å². The molecule has 4 heteroatoms. The molecule has 0 aromatic rings. The van der Waals surface area contributed by atoms with Gasteiger partial charge in [0, 0.05) is 11.6 Å². The highest BCUT2D eigenvalue weighted by atomic mass is 16.1. The summed E-state index contributed by atoms with van der Waals surface area (Å²) in [6.07, 6.45) is 9.34. The Morgan fingerprint density at radius 2 is 2.00 bits per heavy atom. The lowest BCUT2D eigenvalue weighted by Crippen LogP contribution is -2.59. The number of nitrogens with one attached hydrogen (secondary N) is 1. The molecule has 1 heterocycles. The first-order valence-corrected chi connectivity index (χ1v) is 8.77. The van der Waals surface area contributed by atoms with Crippen molar-refractivity contribution < 1.29 is 4.79 Å². The second-order valence-corrected chi connectivity index (χ2v) is 8.04. The average Bonchev–Trinajstić information content (AvgIpc) is 3.02.